The number of hydrogen-bond donors (Lipinski definition) is 1. The molecule has 3 rings (SSSR count). The lowest BCUT2D eigenvalue weighted by Gasteiger charge is -2.27. The highest BCUT2D eigenvalue weighted by atomic mass is 32.1. The van der Waals surface area contributed by atoms with Crippen LogP contribution in [0.3, 0.4) is 0 Å². The summed E-state index contributed by atoms with van der Waals surface area (Å²) in [5.74, 6) is 0.566. The summed E-state index contributed by atoms with van der Waals surface area (Å²) >= 11 is 1.71. The van der Waals surface area contributed by atoms with E-state index in [9.17, 15) is 4.91 Å². The van der Waals surface area contributed by atoms with Crippen LogP contribution >= 0.6 is 11.3 Å². The Labute approximate surface area is 114 Å². The van der Waals surface area contributed by atoms with Crippen molar-refractivity contribution >= 4 is 17.3 Å². The summed E-state index contributed by atoms with van der Waals surface area (Å²) in [6, 6.07) is 3.76. The van der Waals surface area contributed by atoms with Gasteiger partial charge in [0.25, 0.3) is 0 Å². The number of nitroso groups, excluding NO2 is 1. The summed E-state index contributed by atoms with van der Waals surface area (Å²) in [4.78, 5) is 20.9. The van der Waals surface area contributed by atoms with Gasteiger partial charge in [0.1, 0.15) is 6.04 Å². The summed E-state index contributed by atoms with van der Waals surface area (Å²) in [5.41, 5.74) is 8.23. The van der Waals surface area contributed by atoms with Crippen LogP contribution in [0, 0.1) is 11.8 Å². The summed E-state index contributed by atoms with van der Waals surface area (Å²) in [5, 5.41) is 5.32. The topological polar surface area (TPSA) is 81.2 Å². The van der Waals surface area contributed by atoms with Gasteiger partial charge in [-0.25, -0.2) is 9.97 Å². The minimum Gasteiger partial charge on any atom is -0.368 e. The number of nitrogens with zero attached hydrogens (tertiary/aromatic N) is 3. The van der Waals surface area contributed by atoms with Crippen molar-refractivity contribution in [3.05, 3.63) is 44.2 Å². The van der Waals surface area contributed by atoms with E-state index >= 15 is 0 Å². The number of fused-ring (bicyclic) bond motifs is 1. The minimum atomic E-state index is -0.364. The Bertz CT molecular complexity index is 611. The molecule has 0 amide bonds. The van der Waals surface area contributed by atoms with Gasteiger partial charge in [0.15, 0.2) is 0 Å². The molecule has 1 aliphatic carbocycles. The third-order valence-corrected chi connectivity index (χ3v) is 4.62. The van der Waals surface area contributed by atoms with Crippen molar-refractivity contribution in [1.29, 1.82) is 0 Å². The van der Waals surface area contributed by atoms with Gasteiger partial charge >= 0.3 is 0 Å². The Morgan fingerprint density at radius 1 is 1.47 bits per heavy atom. The van der Waals surface area contributed by atoms with Crippen molar-refractivity contribution in [3.8, 4) is 0 Å². The molecule has 1 aliphatic rings. The molecule has 2 aromatic heterocycles. The Morgan fingerprint density at radius 3 is 3.00 bits per heavy atom. The molecule has 2 unspecified atom stereocenters. The zero-order valence-electron chi connectivity index (χ0n) is 10.5. The second kappa shape index (κ2) is 4.70. The van der Waals surface area contributed by atoms with Gasteiger partial charge in [0, 0.05) is 22.1 Å². The van der Waals surface area contributed by atoms with Gasteiger partial charge in [-0.1, -0.05) is 11.2 Å². The van der Waals surface area contributed by atoms with Crippen LogP contribution < -0.4 is 5.73 Å². The molecule has 0 bridgehead atoms. The molecule has 2 atom stereocenters. The van der Waals surface area contributed by atoms with Crippen molar-refractivity contribution in [1.82, 2.24) is 9.97 Å². The fourth-order valence-corrected chi connectivity index (χ4v) is 3.64. The first-order valence-electron chi connectivity index (χ1n) is 6.17. The first-order chi connectivity index (χ1) is 9.19. The number of hydrogen-bond acceptors (Lipinski definition) is 6. The second-order valence-corrected chi connectivity index (χ2v) is 5.78. The quantitative estimate of drug-likeness (QED) is 0.853. The lowest BCUT2D eigenvalue weighted by atomic mass is 9.82. The lowest BCUT2D eigenvalue weighted by Crippen LogP contribution is -2.20. The maximum Gasteiger partial charge on any atom is 0.220 e. The molecule has 2 N–H and O–H groups in total. The van der Waals surface area contributed by atoms with E-state index in [0.29, 0.717) is 5.92 Å². The van der Waals surface area contributed by atoms with E-state index in [4.69, 9.17) is 5.73 Å². The van der Waals surface area contributed by atoms with Crippen molar-refractivity contribution in [2.24, 2.45) is 5.18 Å². The van der Waals surface area contributed by atoms with Crippen molar-refractivity contribution in [2.75, 3.05) is 5.73 Å². The van der Waals surface area contributed by atoms with E-state index < -0.39 is 0 Å². The number of thiophene rings is 1. The molecule has 98 valence electrons. The Balaban J connectivity index is 2.05. The molecule has 0 aromatic carbocycles. The van der Waals surface area contributed by atoms with Crippen molar-refractivity contribution in [2.45, 2.75) is 31.7 Å². The molecular formula is C13H14N4OS. The summed E-state index contributed by atoms with van der Waals surface area (Å²) in [6.45, 7) is 1.86. The Morgan fingerprint density at radius 2 is 2.32 bits per heavy atom. The zero-order chi connectivity index (χ0) is 13.4. The molecule has 19 heavy (non-hydrogen) atoms. The monoisotopic (exact) mass is 274 g/mol. The average molecular weight is 274 g/mol. The number of anilines is 1. The molecule has 6 heteroatoms. The number of aromatic nitrogens is 2. The van der Waals surface area contributed by atoms with Gasteiger partial charge in [-0.2, -0.15) is 4.91 Å². The average Bonchev–Trinajstić information content (AvgIpc) is 2.90. The fourth-order valence-electron chi connectivity index (χ4n) is 2.79. The highest BCUT2D eigenvalue weighted by Crippen LogP contribution is 2.42. The molecule has 0 saturated heterocycles. The summed E-state index contributed by atoms with van der Waals surface area (Å²) in [6.07, 6.45) is 1.53. The van der Waals surface area contributed by atoms with Crippen LogP contribution in [0.15, 0.2) is 22.7 Å². The van der Waals surface area contributed by atoms with Crippen LogP contribution in [0.5, 0.6) is 0 Å². The molecule has 0 fully saturated rings. The fraction of sp³-hybridized carbons (Fsp3) is 0.385. The normalized spacial score (nSPS) is 21.9. The van der Waals surface area contributed by atoms with Gasteiger partial charge in [0.05, 0.1) is 5.69 Å². The maximum absolute atomic E-state index is 11.1. The van der Waals surface area contributed by atoms with Crippen LogP contribution in [0.4, 0.5) is 5.95 Å². The largest absolute Gasteiger partial charge is 0.368 e. The number of nitrogen functional groups attached to an aromatic ring is 1. The smallest absolute Gasteiger partial charge is 0.220 e. The first kappa shape index (κ1) is 12.2. The molecule has 0 aliphatic heterocycles. The minimum absolute atomic E-state index is 0.271. The van der Waals surface area contributed by atoms with E-state index in [1.165, 1.54) is 4.88 Å². The maximum atomic E-state index is 11.1. The first-order valence-corrected chi connectivity index (χ1v) is 7.05. The molecule has 2 aromatic rings. The van der Waals surface area contributed by atoms with Gasteiger partial charge in [0.2, 0.25) is 5.95 Å². The molecule has 5 nitrogen and oxygen atoms in total. The van der Waals surface area contributed by atoms with Crippen LogP contribution in [0.2, 0.25) is 0 Å². The highest BCUT2D eigenvalue weighted by molar-refractivity contribution is 7.10. The molecule has 0 saturated carbocycles. The van der Waals surface area contributed by atoms with E-state index in [2.05, 4.69) is 21.2 Å². The van der Waals surface area contributed by atoms with Gasteiger partial charge < -0.3 is 5.73 Å². The van der Waals surface area contributed by atoms with Gasteiger partial charge in [-0.3, -0.25) is 0 Å². The van der Waals surface area contributed by atoms with E-state index in [1.54, 1.807) is 11.3 Å². The zero-order valence-corrected chi connectivity index (χ0v) is 11.4. The van der Waals surface area contributed by atoms with Crippen LogP contribution in [-0.2, 0) is 6.42 Å². The Kier molecular flexibility index (Phi) is 3.02. The van der Waals surface area contributed by atoms with Crippen LogP contribution in [0.25, 0.3) is 0 Å². The van der Waals surface area contributed by atoms with E-state index in [-0.39, 0.29) is 12.0 Å². The number of aryl methyl sites for hydroxylation is 1. The molecular weight excluding hydrogens is 260 g/mol. The summed E-state index contributed by atoms with van der Waals surface area (Å²) < 4.78 is 0. The SMILES string of the molecule is Cc1nc(N)nc2c1C(N=O)CC(c1cccs1)C2. The van der Waals surface area contributed by atoms with Gasteiger partial charge in [-0.15, -0.1) is 11.3 Å². The standard InChI is InChI=1S/C13H14N4OS/c1-7-12-9(16-13(14)15-7)5-8(6-10(12)17-18)11-3-2-4-19-11/h2-4,8,10H,5-6H2,1H3,(H2,14,15,16). The second-order valence-electron chi connectivity index (χ2n) is 4.80. The number of rotatable bonds is 2. The van der Waals surface area contributed by atoms with Crippen LogP contribution in [-0.4, -0.2) is 9.97 Å². The third kappa shape index (κ3) is 2.12. The molecule has 0 radical (unpaired) electrons. The lowest BCUT2D eigenvalue weighted by molar-refractivity contribution is 0.495. The van der Waals surface area contributed by atoms with Crippen molar-refractivity contribution < 1.29 is 0 Å². The predicted molar refractivity (Wildman–Crippen MR) is 75.1 cm³/mol. The predicted octanol–water partition coefficient (Wildman–Crippen LogP) is 2.97. The highest BCUT2D eigenvalue weighted by Gasteiger charge is 2.32. The molecule has 0 spiro atoms. The van der Waals surface area contributed by atoms with Crippen molar-refractivity contribution in [3.63, 3.8) is 0 Å². The number of nitrogens with two attached hydrogens (primary N) is 1. The summed E-state index contributed by atoms with van der Waals surface area (Å²) in [7, 11) is 0. The molecule has 2 heterocycles. The third-order valence-electron chi connectivity index (χ3n) is 3.59. The van der Waals surface area contributed by atoms with Gasteiger partial charge in [-0.05, 0) is 31.2 Å². The Hall–Kier alpha value is -1.82. The van der Waals surface area contributed by atoms with E-state index in [1.807, 2.05) is 18.4 Å². The van der Waals surface area contributed by atoms with E-state index in [0.717, 1.165) is 29.8 Å². The van der Waals surface area contributed by atoms with Crippen LogP contribution in [0.1, 0.15) is 40.2 Å².